The van der Waals surface area contributed by atoms with Gasteiger partial charge in [-0.3, -0.25) is 0 Å². The molecule has 0 aromatic heterocycles. The minimum Gasteiger partial charge on any atom is -0.336 e. The van der Waals surface area contributed by atoms with Crippen molar-refractivity contribution < 1.29 is 13.6 Å². The molecule has 0 aliphatic heterocycles. The number of hydrogen-bond donors (Lipinski definition) is 3. The zero-order valence-corrected chi connectivity index (χ0v) is 11.7. The Balaban J connectivity index is 2.48. The summed E-state index contributed by atoms with van der Waals surface area (Å²) in [6, 6.07) is 2.26. The van der Waals surface area contributed by atoms with Crippen LogP contribution in [0.2, 0.25) is 0 Å². The molecular weight excluding hydrogens is 264 g/mol. The molecule has 1 unspecified atom stereocenters. The predicted octanol–water partition coefficient (Wildman–Crippen LogP) is 2.85. The highest BCUT2D eigenvalue weighted by atomic mass is 19.1. The maximum atomic E-state index is 13.3. The van der Waals surface area contributed by atoms with E-state index >= 15 is 0 Å². The second-order valence-corrected chi connectivity index (χ2v) is 4.70. The van der Waals surface area contributed by atoms with Gasteiger partial charge in [0.1, 0.15) is 11.6 Å². The molecule has 1 aromatic rings. The van der Waals surface area contributed by atoms with Gasteiger partial charge < -0.3 is 16.4 Å². The van der Waals surface area contributed by atoms with Crippen LogP contribution in [0, 0.1) is 17.6 Å². The van der Waals surface area contributed by atoms with Crippen molar-refractivity contribution in [1.29, 1.82) is 0 Å². The van der Waals surface area contributed by atoms with E-state index in [9.17, 15) is 13.6 Å². The van der Waals surface area contributed by atoms with Gasteiger partial charge in [-0.15, -0.1) is 0 Å². The number of carbonyl (C=O) groups excluding carboxylic acids is 1. The average Bonchev–Trinajstić information content (AvgIpc) is 2.41. The van der Waals surface area contributed by atoms with E-state index in [1.807, 2.05) is 13.8 Å². The zero-order chi connectivity index (χ0) is 15.1. The smallest absolute Gasteiger partial charge is 0.319 e. The van der Waals surface area contributed by atoms with E-state index in [2.05, 4.69) is 10.6 Å². The number of nitrogens with one attached hydrogen (secondary N) is 2. The number of rotatable bonds is 6. The molecule has 1 atom stereocenters. The molecular formula is C14H21F2N3O. The predicted molar refractivity (Wildman–Crippen MR) is 75.4 cm³/mol. The first kappa shape index (κ1) is 16.4. The van der Waals surface area contributed by atoms with Gasteiger partial charge in [-0.05, 0) is 18.1 Å². The fraction of sp³-hybridized carbons (Fsp3) is 0.500. The molecule has 6 heteroatoms. The molecule has 112 valence electrons. The molecule has 4 N–H and O–H groups in total. The van der Waals surface area contributed by atoms with E-state index in [-0.39, 0.29) is 11.7 Å². The van der Waals surface area contributed by atoms with E-state index < -0.39 is 17.7 Å². The summed E-state index contributed by atoms with van der Waals surface area (Å²) in [5.41, 5.74) is 5.89. The van der Waals surface area contributed by atoms with Crippen LogP contribution in [0.1, 0.15) is 26.7 Å². The van der Waals surface area contributed by atoms with Gasteiger partial charge in [0.2, 0.25) is 0 Å². The Morgan fingerprint density at radius 3 is 2.50 bits per heavy atom. The van der Waals surface area contributed by atoms with Crippen LogP contribution in [0.15, 0.2) is 18.2 Å². The number of carbonyl (C=O) groups is 1. The van der Waals surface area contributed by atoms with Crippen LogP contribution >= 0.6 is 0 Å². The summed E-state index contributed by atoms with van der Waals surface area (Å²) >= 11 is 0. The van der Waals surface area contributed by atoms with Crippen LogP contribution in [0.3, 0.4) is 0 Å². The molecule has 0 heterocycles. The van der Waals surface area contributed by atoms with Crippen molar-refractivity contribution in [2.75, 3.05) is 11.9 Å². The Morgan fingerprint density at radius 1 is 1.30 bits per heavy atom. The summed E-state index contributed by atoms with van der Waals surface area (Å²) in [4.78, 5) is 11.6. The zero-order valence-electron chi connectivity index (χ0n) is 11.7. The SMILES string of the molecule is CCC(CC)C(N)CNC(=O)Nc1ccc(F)cc1F. The Labute approximate surface area is 117 Å². The monoisotopic (exact) mass is 285 g/mol. The Bertz CT molecular complexity index is 450. The van der Waals surface area contributed by atoms with Crippen LogP contribution in [-0.4, -0.2) is 18.6 Å². The molecule has 1 rings (SSSR count). The summed E-state index contributed by atoms with van der Waals surface area (Å²) in [7, 11) is 0. The Hall–Kier alpha value is -1.69. The first-order chi connectivity index (χ1) is 9.47. The van der Waals surface area contributed by atoms with E-state index in [0.29, 0.717) is 18.5 Å². The third-order valence-corrected chi connectivity index (χ3v) is 3.33. The highest BCUT2D eigenvalue weighted by Crippen LogP contribution is 2.15. The number of anilines is 1. The van der Waals surface area contributed by atoms with Gasteiger partial charge in [0.25, 0.3) is 0 Å². The standard InChI is InChI=1S/C14H21F2N3O/c1-3-9(4-2)12(17)8-18-14(20)19-13-6-5-10(15)7-11(13)16/h5-7,9,12H,3-4,8,17H2,1-2H3,(H2,18,19,20). The van der Waals surface area contributed by atoms with Gasteiger partial charge in [0, 0.05) is 18.7 Å². The lowest BCUT2D eigenvalue weighted by Crippen LogP contribution is -2.43. The Morgan fingerprint density at radius 2 is 1.95 bits per heavy atom. The summed E-state index contributed by atoms with van der Waals surface area (Å²) in [6.07, 6.45) is 1.88. The molecule has 0 saturated heterocycles. The van der Waals surface area contributed by atoms with Crippen molar-refractivity contribution in [2.24, 2.45) is 11.7 Å². The summed E-state index contributed by atoms with van der Waals surface area (Å²) in [5.74, 6) is -1.17. The molecule has 0 aliphatic carbocycles. The number of hydrogen-bond acceptors (Lipinski definition) is 2. The molecule has 0 radical (unpaired) electrons. The van der Waals surface area contributed by atoms with Crippen LogP contribution in [0.5, 0.6) is 0 Å². The highest BCUT2D eigenvalue weighted by molar-refractivity contribution is 5.89. The topological polar surface area (TPSA) is 67.1 Å². The van der Waals surface area contributed by atoms with E-state index in [1.165, 1.54) is 6.07 Å². The lowest BCUT2D eigenvalue weighted by molar-refractivity contribution is 0.249. The van der Waals surface area contributed by atoms with Crippen molar-refractivity contribution in [2.45, 2.75) is 32.7 Å². The molecule has 4 nitrogen and oxygen atoms in total. The normalized spacial score (nSPS) is 12.3. The van der Waals surface area contributed by atoms with Gasteiger partial charge in [-0.1, -0.05) is 26.7 Å². The molecule has 20 heavy (non-hydrogen) atoms. The minimum atomic E-state index is -0.815. The number of nitrogens with two attached hydrogens (primary N) is 1. The number of halogens is 2. The number of urea groups is 1. The van der Waals surface area contributed by atoms with E-state index in [0.717, 1.165) is 18.9 Å². The second-order valence-electron chi connectivity index (χ2n) is 4.70. The highest BCUT2D eigenvalue weighted by Gasteiger charge is 2.15. The molecule has 0 bridgehead atoms. The molecule has 2 amide bonds. The first-order valence-corrected chi connectivity index (χ1v) is 6.73. The summed E-state index contributed by atoms with van der Waals surface area (Å²) in [5, 5.41) is 4.91. The molecule has 0 saturated carbocycles. The minimum absolute atomic E-state index is 0.0694. The third-order valence-electron chi connectivity index (χ3n) is 3.33. The maximum absolute atomic E-state index is 13.3. The summed E-state index contributed by atoms with van der Waals surface area (Å²) < 4.78 is 26.1. The lowest BCUT2D eigenvalue weighted by Gasteiger charge is -2.21. The largest absolute Gasteiger partial charge is 0.336 e. The third kappa shape index (κ3) is 4.77. The first-order valence-electron chi connectivity index (χ1n) is 6.73. The fourth-order valence-electron chi connectivity index (χ4n) is 2.03. The van der Waals surface area contributed by atoms with Gasteiger partial charge in [-0.25, -0.2) is 13.6 Å². The van der Waals surface area contributed by atoms with Crippen LogP contribution in [0.25, 0.3) is 0 Å². The molecule has 0 aliphatic rings. The Kier molecular flexibility index (Phi) is 6.38. The van der Waals surface area contributed by atoms with Crippen molar-refractivity contribution in [3.63, 3.8) is 0 Å². The van der Waals surface area contributed by atoms with Gasteiger partial charge in [0.15, 0.2) is 0 Å². The van der Waals surface area contributed by atoms with Gasteiger partial charge in [0.05, 0.1) is 5.69 Å². The quantitative estimate of drug-likeness (QED) is 0.752. The molecule has 1 aromatic carbocycles. The maximum Gasteiger partial charge on any atom is 0.319 e. The van der Waals surface area contributed by atoms with Gasteiger partial charge in [-0.2, -0.15) is 0 Å². The number of benzene rings is 1. The molecule has 0 fully saturated rings. The van der Waals surface area contributed by atoms with Crippen molar-refractivity contribution in [1.82, 2.24) is 5.32 Å². The van der Waals surface area contributed by atoms with Crippen LogP contribution in [-0.2, 0) is 0 Å². The van der Waals surface area contributed by atoms with Crippen molar-refractivity contribution in [3.8, 4) is 0 Å². The summed E-state index contributed by atoms with van der Waals surface area (Å²) in [6.45, 7) is 4.39. The van der Waals surface area contributed by atoms with Gasteiger partial charge >= 0.3 is 6.03 Å². The average molecular weight is 285 g/mol. The number of amides is 2. The van der Waals surface area contributed by atoms with E-state index in [4.69, 9.17) is 5.73 Å². The second kappa shape index (κ2) is 7.79. The van der Waals surface area contributed by atoms with Crippen molar-refractivity contribution >= 4 is 11.7 Å². The molecule has 0 spiro atoms. The van der Waals surface area contributed by atoms with Crippen LogP contribution in [0.4, 0.5) is 19.3 Å². The fourth-order valence-corrected chi connectivity index (χ4v) is 2.03. The van der Waals surface area contributed by atoms with E-state index in [1.54, 1.807) is 0 Å². The van der Waals surface area contributed by atoms with Crippen LogP contribution < -0.4 is 16.4 Å². The van der Waals surface area contributed by atoms with Crippen molar-refractivity contribution in [3.05, 3.63) is 29.8 Å². The lowest BCUT2D eigenvalue weighted by atomic mass is 9.95.